The molecular weight excluding hydrogens is 357 g/mol. The minimum Gasteiger partial charge on any atom is -0.305 e. The number of halogens is 3. The summed E-state index contributed by atoms with van der Waals surface area (Å²) in [7, 11) is 0. The van der Waals surface area contributed by atoms with Crippen molar-refractivity contribution in [3.05, 3.63) is 51.0 Å². The largest absolute Gasteiger partial charge is 0.305 e. The van der Waals surface area contributed by atoms with Crippen molar-refractivity contribution in [2.24, 2.45) is 0 Å². The van der Waals surface area contributed by atoms with Gasteiger partial charge in [0.25, 0.3) is 0 Å². The van der Waals surface area contributed by atoms with Gasteiger partial charge in [-0.1, -0.05) is 24.6 Å². The first-order valence-corrected chi connectivity index (χ1v) is 8.04. The minimum atomic E-state index is -0.358. The quantitative estimate of drug-likeness (QED) is 0.821. The predicted molar refractivity (Wildman–Crippen MR) is 87.2 cm³/mol. The summed E-state index contributed by atoms with van der Waals surface area (Å²) in [5.41, 5.74) is 1.32. The SMILES string of the molecule is CCNC(c1c(F)cccc1Cl)c1c(Br)cnn1C(C)C. The van der Waals surface area contributed by atoms with Gasteiger partial charge < -0.3 is 5.32 Å². The monoisotopic (exact) mass is 373 g/mol. The van der Waals surface area contributed by atoms with Gasteiger partial charge >= 0.3 is 0 Å². The average molecular weight is 375 g/mol. The van der Waals surface area contributed by atoms with E-state index in [4.69, 9.17) is 11.6 Å². The van der Waals surface area contributed by atoms with Crippen LogP contribution in [0.5, 0.6) is 0 Å². The third-order valence-corrected chi connectivity index (χ3v) is 4.19. The van der Waals surface area contributed by atoms with Crippen molar-refractivity contribution in [3.8, 4) is 0 Å². The molecule has 0 bridgehead atoms. The molecule has 1 unspecified atom stereocenters. The van der Waals surface area contributed by atoms with Gasteiger partial charge in [0.05, 0.1) is 22.4 Å². The second-order valence-electron chi connectivity index (χ2n) is 5.04. The molecule has 2 aromatic rings. The van der Waals surface area contributed by atoms with Gasteiger partial charge in [-0.25, -0.2) is 4.39 Å². The summed E-state index contributed by atoms with van der Waals surface area (Å²) < 4.78 is 17.0. The lowest BCUT2D eigenvalue weighted by Gasteiger charge is -2.23. The summed E-state index contributed by atoms with van der Waals surface area (Å²) in [6.07, 6.45) is 1.73. The number of hydrogen-bond donors (Lipinski definition) is 1. The molecule has 1 atom stereocenters. The van der Waals surface area contributed by atoms with Crippen molar-refractivity contribution < 1.29 is 4.39 Å². The van der Waals surface area contributed by atoms with Crippen LogP contribution in [0.1, 0.15) is 44.1 Å². The van der Waals surface area contributed by atoms with Crippen LogP contribution in [0.2, 0.25) is 5.02 Å². The Balaban J connectivity index is 2.62. The van der Waals surface area contributed by atoms with E-state index in [2.05, 4.69) is 26.3 Å². The summed E-state index contributed by atoms with van der Waals surface area (Å²) in [5.74, 6) is -0.322. The van der Waals surface area contributed by atoms with E-state index in [1.54, 1.807) is 18.3 Å². The van der Waals surface area contributed by atoms with Crippen LogP contribution in [0.3, 0.4) is 0 Å². The highest BCUT2D eigenvalue weighted by molar-refractivity contribution is 9.10. The maximum atomic E-state index is 14.3. The first-order valence-electron chi connectivity index (χ1n) is 6.87. The third kappa shape index (κ3) is 3.30. The summed E-state index contributed by atoms with van der Waals surface area (Å²) in [6.45, 7) is 6.74. The van der Waals surface area contributed by atoms with Crippen molar-refractivity contribution in [1.82, 2.24) is 15.1 Å². The molecule has 6 heteroatoms. The van der Waals surface area contributed by atoms with E-state index >= 15 is 0 Å². The third-order valence-electron chi connectivity index (χ3n) is 3.25. The second kappa shape index (κ2) is 6.90. The molecule has 1 aromatic carbocycles. The topological polar surface area (TPSA) is 29.9 Å². The molecule has 1 N–H and O–H groups in total. The Morgan fingerprint density at radius 1 is 1.43 bits per heavy atom. The maximum Gasteiger partial charge on any atom is 0.129 e. The molecule has 3 nitrogen and oxygen atoms in total. The van der Waals surface area contributed by atoms with Crippen LogP contribution in [-0.2, 0) is 0 Å². The highest BCUT2D eigenvalue weighted by atomic mass is 79.9. The van der Waals surface area contributed by atoms with E-state index in [9.17, 15) is 4.39 Å². The van der Waals surface area contributed by atoms with Crippen LogP contribution >= 0.6 is 27.5 Å². The van der Waals surface area contributed by atoms with E-state index < -0.39 is 0 Å². The van der Waals surface area contributed by atoms with E-state index in [0.717, 1.165) is 10.2 Å². The number of aromatic nitrogens is 2. The molecule has 1 aromatic heterocycles. The molecule has 0 radical (unpaired) electrons. The molecule has 0 fully saturated rings. The van der Waals surface area contributed by atoms with Gasteiger partial charge in [0.2, 0.25) is 0 Å². The zero-order chi connectivity index (χ0) is 15.6. The predicted octanol–water partition coefficient (Wildman–Crippen LogP) is 4.72. The van der Waals surface area contributed by atoms with Crippen LogP contribution in [0.25, 0.3) is 0 Å². The molecule has 2 rings (SSSR count). The van der Waals surface area contributed by atoms with Crippen molar-refractivity contribution in [1.29, 1.82) is 0 Å². The van der Waals surface area contributed by atoms with Gasteiger partial charge in [-0.05, 0) is 48.5 Å². The lowest BCUT2D eigenvalue weighted by atomic mass is 10.0. The van der Waals surface area contributed by atoms with Crippen LogP contribution in [0, 0.1) is 5.82 Å². The molecule has 114 valence electrons. The van der Waals surface area contributed by atoms with Gasteiger partial charge in [0, 0.05) is 16.6 Å². The Bertz CT molecular complexity index is 607. The molecule has 0 aliphatic rings. The van der Waals surface area contributed by atoms with Crippen molar-refractivity contribution in [2.75, 3.05) is 6.54 Å². The molecule has 0 aliphatic carbocycles. The number of rotatable bonds is 5. The summed E-state index contributed by atoms with van der Waals surface area (Å²) in [4.78, 5) is 0. The standard InChI is InChI=1S/C15H18BrClFN3/c1-4-19-14(13-11(17)6-5-7-12(13)18)15-10(16)8-20-21(15)9(2)3/h5-9,14,19H,4H2,1-3H3. The lowest BCUT2D eigenvalue weighted by Crippen LogP contribution is -2.27. The van der Waals surface area contributed by atoms with Gasteiger partial charge in [-0.15, -0.1) is 0 Å². The molecule has 0 saturated heterocycles. The Morgan fingerprint density at radius 3 is 2.71 bits per heavy atom. The fourth-order valence-corrected chi connectivity index (χ4v) is 3.13. The molecule has 0 saturated carbocycles. The van der Waals surface area contributed by atoms with Crippen molar-refractivity contribution >= 4 is 27.5 Å². The second-order valence-corrected chi connectivity index (χ2v) is 6.30. The molecular formula is C15H18BrClFN3. The van der Waals surface area contributed by atoms with Crippen LogP contribution in [0.4, 0.5) is 4.39 Å². The number of hydrogen-bond acceptors (Lipinski definition) is 2. The summed E-state index contributed by atoms with van der Waals surface area (Å²) in [6, 6.07) is 4.55. The van der Waals surface area contributed by atoms with Gasteiger partial charge in [0.15, 0.2) is 0 Å². The molecule has 0 spiro atoms. The number of nitrogens with one attached hydrogen (secondary N) is 1. The fraction of sp³-hybridized carbons (Fsp3) is 0.400. The zero-order valence-electron chi connectivity index (χ0n) is 12.2. The van der Waals surface area contributed by atoms with Crippen molar-refractivity contribution in [2.45, 2.75) is 32.9 Å². The Labute approximate surface area is 137 Å². The van der Waals surface area contributed by atoms with Gasteiger partial charge in [-0.2, -0.15) is 5.10 Å². The zero-order valence-corrected chi connectivity index (χ0v) is 14.5. The van der Waals surface area contributed by atoms with Crippen LogP contribution in [0.15, 0.2) is 28.9 Å². The van der Waals surface area contributed by atoms with E-state index in [0.29, 0.717) is 17.1 Å². The van der Waals surface area contributed by atoms with Crippen LogP contribution in [-0.4, -0.2) is 16.3 Å². The normalized spacial score (nSPS) is 12.9. The highest BCUT2D eigenvalue weighted by Gasteiger charge is 2.26. The number of benzene rings is 1. The van der Waals surface area contributed by atoms with Gasteiger partial charge in [0.1, 0.15) is 5.82 Å². The minimum absolute atomic E-state index is 0.165. The Morgan fingerprint density at radius 2 is 2.14 bits per heavy atom. The molecule has 1 heterocycles. The maximum absolute atomic E-state index is 14.3. The smallest absolute Gasteiger partial charge is 0.129 e. The van der Waals surface area contributed by atoms with Crippen LogP contribution < -0.4 is 5.32 Å². The average Bonchev–Trinajstić information content (AvgIpc) is 2.79. The van der Waals surface area contributed by atoms with E-state index in [1.165, 1.54) is 6.07 Å². The fourth-order valence-electron chi connectivity index (χ4n) is 2.36. The molecule has 21 heavy (non-hydrogen) atoms. The highest BCUT2D eigenvalue weighted by Crippen LogP contribution is 2.35. The van der Waals surface area contributed by atoms with Gasteiger partial charge in [-0.3, -0.25) is 4.68 Å². The summed E-state index contributed by atoms with van der Waals surface area (Å²) >= 11 is 9.75. The number of nitrogens with zero attached hydrogens (tertiary/aromatic N) is 2. The van der Waals surface area contributed by atoms with E-state index in [-0.39, 0.29) is 17.9 Å². The van der Waals surface area contributed by atoms with E-state index in [1.807, 2.05) is 25.5 Å². The first-order chi connectivity index (χ1) is 9.97. The van der Waals surface area contributed by atoms with Crippen molar-refractivity contribution in [3.63, 3.8) is 0 Å². The first kappa shape index (κ1) is 16.5. The molecule has 0 aliphatic heterocycles. The Kier molecular flexibility index (Phi) is 5.41. The summed E-state index contributed by atoms with van der Waals surface area (Å²) in [5, 5.41) is 8.08. The molecule has 0 amide bonds. The lowest BCUT2D eigenvalue weighted by molar-refractivity contribution is 0.466. The Hall–Kier alpha value is -0.910.